The van der Waals surface area contributed by atoms with Gasteiger partial charge in [-0.1, -0.05) is 48.0 Å². The molecule has 1 atom stereocenters. The number of aryl methyl sites for hydroxylation is 5. The Morgan fingerprint density at radius 1 is 0.875 bits per heavy atom. The molecule has 4 heteroatoms. The number of nitrogens with zero attached hydrogens (tertiary/aromatic N) is 1. The van der Waals surface area contributed by atoms with Crippen molar-refractivity contribution in [2.24, 2.45) is 0 Å². The minimum atomic E-state index is -1.88. The van der Waals surface area contributed by atoms with Gasteiger partial charge in [0, 0.05) is 11.1 Å². The molecule has 3 aromatic rings. The second-order valence-electron chi connectivity index (χ2n) is 9.05. The molecule has 4 rings (SSSR count). The first-order valence-corrected chi connectivity index (χ1v) is 10.9. The van der Waals surface area contributed by atoms with Crippen molar-refractivity contribution in [3.05, 3.63) is 99.1 Å². The van der Waals surface area contributed by atoms with Crippen molar-refractivity contribution in [1.82, 2.24) is 0 Å². The predicted molar refractivity (Wildman–Crippen MR) is 127 cm³/mol. The van der Waals surface area contributed by atoms with E-state index in [0.29, 0.717) is 23.4 Å². The van der Waals surface area contributed by atoms with Crippen molar-refractivity contribution < 1.29 is 14.7 Å². The first kappa shape index (κ1) is 22.0. The van der Waals surface area contributed by atoms with Gasteiger partial charge in [0.15, 0.2) is 11.4 Å². The molecular weight excluding hydrogens is 398 g/mol. The van der Waals surface area contributed by atoms with Crippen LogP contribution in [0.2, 0.25) is 0 Å². The van der Waals surface area contributed by atoms with Gasteiger partial charge >= 0.3 is 0 Å². The largest absolute Gasteiger partial charge is 0.375 e. The van der Waals surface area contributed by atoms with Gasteiger partial charge in [0.1, 0.15) is 0 Å². The number of carbonyl (C=O) groups is 2. The van der Waals surface area contributed by atoms with Gasteiger partial charge in [0.25, 0.3) is 5.91 Å². The third kappa shape index (κ3) is 3.65. The van der Waals surface area contributed by atoms with Crippen molar-refractivity contribution in [3.8, 4) is 0 Å². The van der Waals surface area contributed by atoms with Gasteiger partial charge in [-0.2, -0.15) is 0 Å². The second-order valence-corrected chi connectivity index (χ2v) is 9.05. The predicted octanol–water partition coefficient (Wildman–Crippen LogP) is 5.24. The molecule has 1 amide bonds. The summed E-state index contributed by atoms with van der Waals surface area (Å²) in [4.78, 5) is 28.5. The Hall–Kier alpha value is -3.24. The number of ketones is 1. The van der Waals surface area contributed by atoms with E-state index in [1.807, 2.05) is 71.0 Å². The summed E-state index contributed by atoms with van der Waals surface area (Å²) in [5, 5.41) is 11.6. The van der Waals surface area contributed by atoms with E-state index in [-0.39, 0.29) is 12.2 Å². The summed E-state index contributed by atoms with van der Waals surface area (Å²) in [5.74, 6) is -0.681. The molecule has 0 saturated heterocycles. The summed E-state index contributed by atoms with van der Waals surface area (Å²) in [6.45, 7) is 10.2. The van der Waals surface area contributed by atoms with Crippen molar-refractivity contribution in [3.63, 3.8) is 0 Å². The molecule has 3 aromatic carbocycles. The van der Waals surface area contributed by atoms with E-state index in [0.717, 1.165) is 33.4 Å². The van der Waals surface area contributed by atoms with Crippen LogP contribution in [0.25, 0.3) is 0 Å². The van der Waals surface area contributed by atoms with Crippen LogP contribution in [0, 0.1) is 34.6 Å². The van der Waals surface area contributed by atoms with Gasteiger partial charge in [-0.3, -0.25) is 9.59 Å². The Kier molecular flexibility index (Phi) is 5.51. The Labute approximate surface area is 189 Å². The maximum Gasteiger partial charge on any atom is 0.264 e. The Balaban J connectivity index is 1.71. The maximum absolute atomic E-state index is 13.6. The van der Waals surface area contributed by atoms with Crippen LogP contribution in [0.15, 0.2) is 54.6 Å². The van der Waals surface area contributed by atoms with E-state index in [4.69, 9.17) is 0 Å². The summed E-state index contributed by atoms with van der Waals surface area (Å²) in [5.41, 5.74) is 6.02. The molecule has 1 aliphatic heterocycles. The van der Waals surface area contributed by atoms with Crippen LogP contribution in [0.5, 0.6) is 0 Å². The molecule has 0 aromatic heterocycles. The Morgan fingerprint density at radius 2 is 1.56 bits per heavy atom. The summed E-state index contributed by atoms with van der Waals surface area (Å²) >= 11 is 0. The molecule has 0 spiro atoms. The summed E-state index contributed by atoms with van der Waals surface area (Å²) in [6, 6.07) is 17.2. The monoisotopic (exact) mass is 427 g/mol. The van der Waals surface area contributed by atoms with E-state index >= 15 is 0 Å². The lowest BCUT2D eigenvalue weighted by molar-refractivity contribution is -0.136. The third-order valence-electron chi connectivity index (χ3n) is 6.63. The average molecular weight is 428 g/mol. The molecule has 0 aliphatic carbocycles. The number of carbonyl (C=O) groups excluding carboxylic acids is 2. The third-order valence-corrected chi connectivity index (χ3v) is 6.63. The van der Waals surface area contributed by atoms with Crippen LogP contribution in [-0.4, -0.2) is 16.8 Å². The zero-order valence-corrected chi connectivity index (χ0v) is 19.3. The zero-order valence-electron chi connectivity index (χ0n) is 19.3. The number of fused-ring (bicyclic) bond motifs is 1. The smallest absolute Gasteiger partial charge is 0.264 e. The fourth-order valence-corrected chi connectivity index (χ4v) is 4.56. The number of amides is 1. The number of aliphatic hydroxyl groups is 1. The van der Waals surface area contributed by atoms with Crippen LogP contribution in [0.3, 0.4) is 0 Å². The van der Waals surface area contributed by atoms with Crippen LogP contribution < -0.4 is 4.90 Å². The number of para-hydroxylation sites is 1. The SMILES string of the molecule is Cc1ccc(C)c(CN2C(=O)[C@@](O)(CC(=O)c3cc(C)c(C)cc3C)c3ccccc32)c1. The highest BCUT2D eigenvalue weighted by Crippen LogP contribution is 2.44. The van der Waals surface area contributed by atoms with Crippen LogP contribution in [0.4, 0.5) is 5.69 Å². The molecule has 0 unspecified atom stereocenters. The molecule has 1 heterocycles. The van der Waals surface area contributed by atoms with Crippen LogP contribution >= 0.6 is 0 Å². The van der Waals surface area contributed by atoms with E-state index in [9.17, 15) is 14.7 Å². The molecule has 0 fully saturated rings. The van der Waals surface area contributed by atoms with Crippen LogP contribution in [-0.2, 0) is 16.9 Å². The molecule has 32 heavy (non-hydrogen) atoms. The normalized spacial score (nSPS) is 17.6. The van der Waals surface area contributed by atoms with E-state index in [1.165, 1.54) is 0 Å². The van der Waals surface area contributed by atoms with Crippen LogP contribution in [0.1, 0.15) is 55.7 Å². The number of anilines is 1. The molecule has 1 aliphatic rings. The quantitative estimate of drug-likeness (QED) is 0.567. The molecule has 164 valence electrons. The summed E-state index contributed by atoms with van der Waals surface area (Å²) < 4.78 is 0. The van der Waals surface area contributed by atoms with Gasteiger partial charge in [0.2, 0.25) is 0 Å². The molecule has 0 radical (unpaired) electrons. The summed E-state index contributed by atoms with van der Waals surface area (Å²) in [7, 11) is 0. The fourth-order valence-electron chi connectivity index (χ4n) is 4.56. The van der Waals surface area contributed by atoms with Crippen molar-refractivity contribution >= 4 is 17.4 Å². The minimum Gasteiger partial charge on any atom is -0.375 e. The van der Waals surface area contributed by atoms with E-state index in [1.54, 1.807) is 17.0 Å². The number of benzene rings is 3. The molecule has 4 nitrogen and oxygen atoms in total. The lowest BCUT2D eigenvalue weighted by Gasteiger charge is -2.24. The highest BCUT2D eigenvalue weighted by atomic mass is 16.3. The maximum atomic E-state index is 13.6. The average Bonchev–Trinajstić information content (AvgIpc) is 2.95. The molecular formula is C28H29NO3. The number of hydrogen-bond acceptors (Lipinski definition) is 3. The Morgan fingerprint density at radius 3 is 2.31 bits per heavy atom. The Bertz CT molecular complexity index is 1240. The molecule has 1 N–H and O–H groups in total. The van der Waals surface area contributed by atoms with E-state index < -0.39 is 11.5 Å². The van der Waals surface area contributed by atoms with Gasteiger partial charge in [-0.15, -0.1) is 0 Å². The lowest BCUT2D eigenvalue weighted by atomic mass is 9.86. The van der Waals surface area contributed by atoms with Gasteiger partial charge in [0.05, 0.1) is 18.7 Å². The first-order chi connectivity index (χ1) is 15.1. The minimum absolute atomic E-state index is 0.232. The number of rotatable bonds is 5. The number of hydrogen-bond donors (Lipinski definition) is 1. The second kappa shape index (κ2) is 8.03. The highest BCUT2D eigenvalue weighted by Gasteiger charge is 2.50. The van der Waals surface area contributed by atoms with Gasteiger partial charge in [-0.05, 0) is 74.6 Å². The standard InChI is InChI=1S/C28H29NO3/c1-17-10-11-18(2)22(12-17)16-29-25-9-7-6-8-24(25)28(32,27(29)31)15-26(30)23-14-20(4)19(3)13-21(23)5/h6-14,32H,15-16H2,1-5H3/t28-/m1/s1. The molecule has 0 bridgehead atoms. The first-order valence-electron chi connectivity index (χ1n) is 10.9. The van der Waals surface area contributed by atoms with Crippen molar-refractivity contribution in [1.29, 1.82) is 0 Å². The highest BCUT2D eigenvalue weighted by molar-refractivity contribution is 6.11. The molecule has 0 saturated carbocycles. The fraction of sp³-hybridized carbons (Fsp3) is 0.286. The van der Waals surface area contributed by atoms with Gasteiger partial charge < -0.3 is 10.0 Å². The zero-order chi connectivity index (χ0) is 23.2. The number of Topliss-reactive ketones (excluding diaryl/α,β-unsaturated/α-hetero) is 1. The van der Waals surface area contributed by atoms with Crippen molar-refractivity contribution in [2.75, 3.05) is 4.90 Å². The van der Waals surface area contributed by atoms with Gasteiger partial charge in [-0.25, -0.2) is 0 Å². The lowest BCUT2D eigenvalue weighted by Crippen LogP contribution is -2.41. The van der Waals surface area contributed by atoms with Crippen molar-refractivity contribution in [2.45, 2.75) is 53.2 Å². The van der Waals surface area contributed by atoms with E-state index in [2.05, 4.69) is 6.07 Å². The topological polar surface area (TPSA) is 57.6 Å². The summed E-state index contributed by atoms with van der Waals surface area (Å²) in [6.07, 6.45) is -0.282.